The van der Waals surface area contributed by atoms with Gasteiger partial charge < -0.3 is 4.74 Å². The van der Waals surface area contributed by atoms with E-state index in [0.717, 1.165) is 29.3 Å². The first kappa shape index (κ1) is 17.7. The lowest BCUT2D eigenvalue weighted by Crippen LogP contribution is -2.35. The van der Waals surface area contributed by atoms with Gasteiger partial charge in [-0.1, -0.05) is 56.1 Å². The van der Waals surface area contributed by atoms with Crippen LogP contribution in [0.3, 0.4) is 0 Å². The first-order valence-corrected chi connectivity index (χ1v) is 8.97. The molecule has 0 spiro atoms. The zero-order valence-corrected chi connectivity index (χ0v) is 15.9. The van der Waals surface area contributed by atoms with E-state index in [1.807, 2.05) is 12.1 Å². The van der Waals surface area contributed by atoms with Crippen LogP contribution in [0.2, 0.25) is 0 Å². The van der Waals surface area contributed by atoms with Crippen LogP contribution in [0, 0.1) is 17.3 Å². The molecular formula is C19H27BrO2. The normalized spacial score (nSPS) is 23.7. The second-order valence-electron chi connectivity index (χ2n) is 7.18. The van der Waals surface area contributed by atoms with Gasteiger partial charge in [-0.2, -0.15) is 0 Å². The fourth-order valence-corrected chi connectivity index (χ4v) is 4.35. The monoisotopic (exact) mass is 366 g/mol. The van der Waals surface area contributed by atoms with Crippen molar-refractivity contribution in [2.45, 2.75) is 53.1 Å². The average Bonchev–Trinajstić information content (AvgIpc) is 2.70. The van der Waals surface area contributed by atoms with Crippen molar-refractivity contribution in [3.05, 3.63) is 33.8 Å². The Morgan fingerprint density at radius 3 is 2.59 bits per heavy atom. The minimum atomic E-state index is -0.296. The van der Waals surface area contributed by atoms with E-state index >= 15 is 0 Å². The van der Waals surface area contributed by atoms with Crippen LogP contribution in [-0.2, 0) is 11.2 Å². The Bertz CT molecular complexity index is 552. The van der Waals surface area contributed by atoms with Gasteiger partial charge in [0, 0.05) is 22.6 Å². The van der Waals surface area contributed by atoms with Crippen LogP contribution in [0.15, 0.2) is 22.7 Å². The number of hydrogen-bond acceptors (Lipinski definition) is 2. The number of carbonyl (C=O) groups excluding carboxylic acids is 1. The average molecular weight is 367 g/mol. The number of hydrogen-bond donors (Lipinski definition) is 0. The summed E-state index contributed by atoms with van der Waals surface area (Å²) in [6.07, 6.45) is 3.00. The molecule has 0 amide bonds. The Hall–Kier alpha value is -0.670. The third-order valence-corrected chi connectivity index (χ3v) is 5.57. The quantitative estimate of drug-likeness (QED) is 0.684. The van der Waals surface area contributed by atoms with Crippen molar-refractivity contribution < 1.29 is 9.53 Å². The molecule has 0 fully saturated rings. The van der Waals surface area contributed by atoms with Crippen LogP contribution in [0.1, 0.15) is 56.5 Å². The first-order chi connectivity index (χ1) is 10.3. The lowest BCUT2D eigenvalue weighted by atomic mass is 9.73. The molecule has 0 radical (unpaired) electrons. The van der Waals surface area contributed by atoms with Crippen molar-refractivity contribution in [3.8, 4) is 0 Å². The van der Waals surface area contributed by atoms with Crippen LogP contribution in [0.4, 0.5) is 0 Å². The molecule has 0 saturated carbocycles. The lowest BCUT2D eigenvalue weighted by Gasteiger charge is -2.34. The molecule has 0 N–H and O–H groups in total. The highest BCUT2D eigenvalue weighted by Gasteiger charge is 2.44. The van der Waals surface area contributed by atoms with E-state index in [0.29, 0.717) is 17.6 Å². The van der Waals surface area contributed by atoms with Crippen LogP contribution < -0.4 is 0 Å². The number of halogens is 1. The minimum Gasteiger partial charge on any atom is -0.381 e. The van der Waals surface area contributed by atoms with Gasteiger partial charge in [0.15, 0.2) is 5.78 Å². The molecule has 1 aromatic rings. The molecule has 0 aliphatic heterocycles. The van der Waals surface area contributed by atoms with Crippen molar-refractivity contribution in [3.63, 3.8) is 0 Å². The van der Waals surface area contributed by atoms with E-state index in [-0.39, 0.29) is 11.5 Å². The van der Waals surface area contributed by atoms with E-state index in [2.05, 4.69) is 49.7 Å². The summed E-state index contributed by atoms with van der Waals surface area (Å²) in [7, 11) is 1.79. The summed E-state index contributed by atoms with van der Waals surface area (Å²) in [5, 5.41) is 0. The van der Waals surface area contributed by atoms with E-state index < -0.39 is 0 Å². The molecule has 1 aliphatic carbocycles. The zero-order chi connectivity index (χ0) is 16.5. The number of methoxy groups -OCH3 is 1. The van der Waals surface area contributed by atoms with Crippen molar-refractivity contribution >= 4 is 21.7 Å². The second kappa shape index (κ2) is 6.84. The molecule has 0 bridgehead atoms. The van der Waals surface area contributed by atoms with Gasteiger partial charge in [-0.25, -0.2) is 0 Å². The van der Waals surface area contributed by atoms with Crippen molar-refractivity contribution in [2.24, 2.45) is 17.3 Å². The number of benzene rings is 1. The number of ether oxygens (including phenoxy) is 1. The molecule has 0 saturated heterocycles. The molecule has 2 rings (SSSR count). The van der Waals surface area contributed by atoms with Crippen molar-refractivity contribution in [1.29, 1.82) is 0 Å². The Labute approximate surface area is 142 Å². The lowest BCUT2D eigenvalue weighted by molar-refractivity contribution is 0.000165. The molecule has 3 heteroatoms. The van der Waals surface area contributed by atoms with Gasteiger partial charge in [0.25, 0.3) is 0 Å². The maximum Gasteiger partial charge on any atom is 0.169 e. The van der Waals surface area contributed by atoms with Gasteiger partial charge >= 0.3 is 0 Å². The molecule has 3 atom stereocenters. The fourth-order valence-electron chi connectivity index (χ4n) is 3.99. The van der Waals surface area contributed by atoms with Crippen LogP contribution in [-0.4, -0.2) is 19.0 Å². The number of rotatable bonds is 6. The van der Waals surface area contributed by atoms with E-state index in [4.69, 9.17) is 4.74 Å². The van der Waals surface area contributed by atoms with E-state index in [1.54, 1.807) is 7.11 Å². The van der Waals surface area contributed by atoms with Gasteiger partial charge in [-0.05, 0) is 42.4 Å². The first-order valence-electron chi connectivity index (χ1n) is 8.18. The highest BCUT2D eigenvalue weighted by atomic mass is 79.9. The summed E-state index contributed by atoms with van der Waals surface area (Å²) >= 11 is 3.48. The molecule has 0 heterocycles. The van der Waals surface area contributed by atoms with Gasteiger partial charge in [0.2, 0.25) is 0 Å². The summed E-state index contributed by atoms with van der Waals surface area (Å²) in [5.41, 5.74) is 1.78. The van der Waals surface area contributed by atoms with Crippen LogP contribution in [0.5, 0.6) is 0 Å². The summed E-state index contributed by atoms with van der Waals surface area (Å²) in [4.78, 5) is 12.9. The molecule has 122 valence electrons. The Morgan fingerprint density at radius 1 is 1.36 bits per heavy atom. The Balaban J connectivity index is 2.24. The molecule has 1 aromatic carbocycles. The number of fused-ring (bicyclic) bond motifs is 1. The molecule has 0 aromatic heterocycles. The highest BCUT2D eigenvalue weighted by Crippen LogP contribution is 2.44. The number of ketones is 1. The molecule has 0 unspecified atom stereocenters. The summed E-state index contributed by atoms with van der Waals surface area (Å²) in [6, 6.07) is 6.08. The third-order valence-electron chi connectivity index (χ3n) is 5.08. The second-order valence-corrected chi connectivity index (χ2v) is 8.10. The topological polar surface area (TPSA) is 26.3 Å². The molecule has 1 aliphatic rings. The molecular weight excluding hydrogens is 340 g/mol. The third kappa shape index (κ3) is 3.30. The Kier molecular flexibility index (Phi) is 5.50. The van der Waals surface area contributed by atoms with E-state index in [1.165, 1.54) is 5.56 Å². The fraction of sp³-hybridized carbons (Fsp3) is 0.632. The number of Topliss-reactive ketones (excluding diaryl/α,β-unsaturated/α-hetero) is 1. The van der Waals surface area contributed by atoms with Gasteiger partial charge in [0.1, 0.15) is 0 Å². The SMILES string of the molecule is CC[C@H](C[C@]1(C)Cc2ccc(Br)cc2C1=O)[C@H](OC)C(C)C. The minimum absolute atomic E-state index is 0.213. The molecule has 2 nitrogen and oxygen atoms in total. The van der Waals surface area contributed by atoms with Gasteiger partial charge in [0.05, 0.1) is 6.10 Å². The molecule has 22 heavy (non-hydrogen) atoms. The maximum absolute atomic E-state index is 12.9. The standard InChI is InChI=1S/C19H27BrO2/c1-6-13(17(22-5)12(2)3)10-19(4)11-14-7-8-15(20)9-16(14)18(19)21/h7-9,12-13,17H,6,10-11H2,1-5H3/t13-,17-,19-/m1/s1. The predicted octanol–water partition coefficient (Wildman–Crippen LogP) is 5.28. The van der Waals surface area contributed by atoms with E-state index in [9.17, 15) is 4.79 Å². The largest absolute Gasteiger partial charge is 0.381 e. The summed E-state index contributed by atoms with van der Waals surface area (Å²) in [6.45, 7) is 8.72. The Morgan fingerprint density at radius 2 is 2.05 bits per heavy atom. The summed E-state index contributed by atoms with van der Waals surface area (Å²) in [5.74, 6) is 1.17. The van der Waals surface area contributed by atoms with Crippen molar-refractivity contribution in [2.75, 3.05) is 7.11 Å². The van der Waals surface area contributed by atoms with Crippen molar-refractivity contribution in [1.82, 2.24) is 0 Å². The maximum atomic E-state index is 12.9. The van der Waals surface area contributed by atoms with Crippen LogP contribution >= 0.6 is 15.9 Å². The van der Waals surface area contributed by atoms with Crippen LogP contribution in [0.25, 0.3) is 0 Å². The predicted molar refractivity (Wildman–Crippen MR) is 94.3 cm³/mol. The number of carbonyl (C=O) groups is 1. The zero-order valence-electron chi connectivity index (χ0n) is 14.3. The summed E-state index contributed by atoms with van der Waals surface area (Å²) < 4.78 is 6.71. The van der Waals surface area contributed by atoms with Gasteiger partial charge in [-0.3, -0.25) is 4.79 Å². The smallest absolute Gasteiger partial charge is 0.169 e. The highest BCUT2D eigenvalue weighted by molar-refractivity contribution is 9.10. The van der Waals surface area contributed by atoms with Gasteiger partial charge in [-0.15, -0.1) is 0 Å².